The Hall–Kier alpha value is -1.92. The van der Waals surface area contributed by atoms with Gasteiger partial charge in [0.15, 0.2) is 6.79 Å². The second kappa shape index (κ2) is 8.29. The predicted octanol–water partition coefficient (Wildman–Crippen LogP) is 2.45. The summed E-state index contributed by atoms with van der Waals surface area (Å²) in [5.74, 6) is 0.416. The molecule has 6 heteroatoms. The molecule has 0 heterocycles. The number of ether oxygens (including phenoxy) is 2. The van der Waals surface area contributed by atoms with Crippen LogP contribution in [0.1, 0.15) is 18.9 Å². The van der Waals surface area contributed by atoms with E-state index in [0.717, 1.165) is 11.1 Å². The van der Waals surface area contributed by atoms with Gasteiger partial charge in [-0.05, 0) is 31.4 Å². The molecule has 0 fully saturated rings. The van der Waals surface area contributed by atoms with E-state index in [1.54, 1.807) is 6.07 Å². The third-order valence-electron chi connectivity index (χ3n) is 2.68. The first-order chi connectivity index (χ1) is 9.56. The number of aliphatic hydroxyl groups excluding tert-OH is 1. The summed E-state index contributed by atoms with van der Waals surface area (Å²) in [5.41, 5.74) is 1.69. The lowest BCUT2D eigenvalue weighted by Crippen LogP contribution is -2.00. The van der Waals surface area contributed by atoms with Crippen LogP contribution in [0.5, 0.6) is 5.75 Å². The number of methoxy groups -OCH3 is 1. The summed E-state index contributed by atoms with van der Waals surface area (Å²) in [7, 11) is 1.49. The first-order valence-corrected chi connectivity index (χ1v) is 6.23. The van der Waals surface area contributed by atoms with Crippen LogP contribution in [0.2, 0.25) is 0 Å². The molecule has 1 aromatic rings. The van der Waals surface area contributed by atoms with Gasteiger partial charge in [-0.25, -0.2) is 0 Å². The van der Waals surface area contributed by atoms with Gasteiger partial charge in [-0.1, -0.05) is 11.6 Å². The number of non-ortho nitro benzene ring substituents is 1. The van der Waals surface area contributed by atoms with Crippen molar-refractivity contribution in [2.75, 3.05) is 20.5 Å². The third-order valence-corrected chi connectivity index (χ3v) is 2.68. The number of benzene rings is 1. The van der Waals surface area contributed by atoms with Crippen LogP contribution in [0.25, 0.3) is 0 Å². The van der Waals surface area contributed by atoms with Crippen molar-refractivity contribution in [3.05, 3.63) is 45.5 Å². The van der Waals surface area contributed by atoms with Crippen molar-refractivity contribution in [2.45, 2.75) is 19.8 Å². The molecule has 0 saturated carbocycles. The van der Waals surface area contributed by atoms with Crippen molar-refractivity contribution in [3.8, 4) is 5.75 Å². The summed E-state index contributed by atoms with van der Waals surface area (Å²) in [4.78, 5) is 10.4. The lowest BCUT2D eigenvalue weighted by atomic mass is 10.1. The molecule has 110 valence electrons. The molecular formula is C14H19NO5. The number of nitro benzene ring substituents is 1. The first-order valence-electron chi connectivity index (χ1n) is 6.23. The van der Waals surface area contributed by atoms with Crippen LogP contribution in [0.4, 0.5) is 5.69 Å². The highest BCUT2D eigenvalue weighted by Crippen LogP contribution is 2.24. The number of hydrogen-bond donors (Lipinski definition) is 1. The molecule has 0 radical (unpaired) electrons. The maximum atomic E-state index is 10.9. The standard InChI is InChI=1S/C14H19NO5/c1-11(9-16)4-3-5-12-6-13(15(17)18)8-14(7-12)20-10-19-2/h4,6-8,16H,3,5,9-10H2,1-2H3/b11-4-. The van der Waals surface area contributed by atoms with E-state index in [1.807, 2.05) is 13.0 Å². The minimum absolute atomic E-state index is 0.00328. The largest absolute Gasteiger partial charge is 0.467 e. The topological polar surface area (TPSA) is 81.8 Å². The maximum Gasteiger partial charge on any atom is 0.273 e. The van der Waals surface area contributed by atoms with E-state index in [9.17, 15) is 10.1 Å². The number of nitrogens with zero attached hydrogens (tertiary/aromatic N) is 1. The van der Waals surface area contributed by atoms with Crippen molar-refractivity contribution in [1.82, 2.24) is 0 Å². The van der Waals surface area contributed by atoms with E-state index in [-0.39, 0.29) is 19.1 Å². The molecule has 1 rings (SSSR count). The van der Waals surface area contributed by atoms with Crippen molar-refractivity contribution < 1.29 is 19.5 Å². The molecule has 0 aliphatic rings. The van der Waals surface area contributed by atoms with Gasteiger partial charge >= 0.3 is 0 Å². The smallest absolute Gasteiger partial charge is 0.273 e. The van der Waals surface area contributed by atoms with E-state index in [2.05, 4.69) is 0 Å². The molecular weight excluding hydrogens is 262 g/mol. The number of aliphatic hydroxyl groups is 1. The minimum atomic E-state index is -0.446. The maximum absolute atomic E-state index is 10.9. The fraction of sp³-hybridized carbons (Fsp3) is 0.429. The highest BCUT2D eigenvalue weighted by atomic mass is 16.7. The Morgan fingerprint density at radius 1 is 1.45 bits per heavy atom. The second-order valence-electron chi connectivity index (χ2n) is 4.39. The van der Waals surface area contributed by atoms with Crippen LogP contribution in [0, 0.1) is 10.1 Å². The Kier molecular flexibility index (Phi) is 6.69. The highest BCUT2D eigenvalue weighted by molar-refractivity contribution is 5.43. The van der Waals surface area contributed by atoms with E-state index < -0.39 is 4.92 Å². The molecule has 1 aromatic carbocycles. The Balaban J connectivity index is 2.82. The average Bonchev–Trinajstić information content (AvgIpc) is 2.44. The number of rotatable bonds is 8. The van der Waals surface area contributed by atoms with Gasteiger partial charge in [0.05, 0.1) is 17.6 Å². The lowest BCUT2D eigenvalue weighted by molar-refractivity contribution is -0.385. The summed E-state index contributed by atoms with van der Waals surface area (Å²) in [6.07, 6.45) is 3.26. The molecule has 6 nitrogen and oxygen atoms in total. The highest BCUT2D eigenvalue weighted by Gasteiger charge is 2.10. The number of aryl methyl sites for hydroxylation is 1. The van der Waals surface area contributed by atoms with Gasteiger partial charge in [-0.2, -0.15) is 0 Å². The van der Waals surface area contributed by atoms with Gasteiger partial charge in [0.1, 0.15) is 5.75 Å². The van der Waals surface area contributed by atoms with Crippen molar-refractivity contribution in [1.29, 1.82) is 0 Å². The summed E-state index contributed by atoms with van der Waals surface area (Å²) in [6.45, 7) is 1.90. The van der Waals surface area contributed by atoms with Crippen molar-refractivity contribution in [2.24, 2.45) is 0 Å². The summed E-state index contributed by atoms with van der Waals surface area (Å²) in [5, 5.41) is 19.8. The molecule has 0 aliphatic heterocycles. The molecule has 0 saturated heterocycles. The molecule has 20 heavy (non-hydrogen) atoms. The first kappa shape index (κ1) is 16.1. The fourth-order valence-electron chi connectivity index (χ4n) is 1.65. The quantitative estimate of drug-likeness (QED) is 0.342. The summed E-state index contributed by atoms with van der Waals surface area (Å²) in [6, 6.07) is 4.66. The zero-order chi connectivity index (χ0) is 15.0. The zero-order valence-corrected chi connectivity index (χ0v) is 11.7. The van der Waals surface area contributed by atoms with Gasteiger partial charge in [0.2, 0.25) is 0 Å². The molecule has 1 N–H and O–H groups in total. The van der Waals surface area contributed by atoms with E-state index in [4.69, 9.17) is 14.6 Å². The van der Waals surface area contributed by atoms with Crippen LogP contribution in [-0.4, -0.2) is 30.5 Å². The zero-order valence-electron chi connectivity index (χ0n) is 11.7. The van der Waals surface area contributed by atoms with Gasteiger partial charge in [0.25, 0.3) is 5.69 Å². The normalized spacial score (nSPS) is 11.4. The number of hydrogen-bond acceptors (Lipinski definition) is 5. The summed E-state index contributed by atoms with van der Waals surface area (Å²) >= 11 is 0. The van der Waals surface area contributed by atoms with Crippen LogP contribution in [-0.2, 0) is 11.2 Å². The molecule has 0 unspecified atom stereocenters. The van der Waals surface area contributed by atoms with Crippen LogP contribution in [0.15, 0.2) is 29.8 Å². The van der Waals surface area contributed by atoms with Gasteiger partial charge < -0.3 is 14.6 Å². The molecule has 0 aromatic heterocycles. The molecule has 0 spiro atoms. The lowest BCUT2D eigenvalue weighted by Gasteiger charge is -2.07. The number of allylic oxidation sites excluding steroid dienone is 1. The third kappa shape index (κ3) is 5.38. The van der Waals surface area contributed by atoms with Gasteiger partial charge in [-0.15, -0.1) is 0 Å². The predicted molar refractivity (Wildman–Crippen MR) is 74.8 cm³/mol. The van der Waals surface area contributed by atoms with E-state index in [1.165, 1.54) is 19.2 Å². The van der Waals surface area contributed by atoms with E-state index in [0.29, 0.717) is 18.6 Å². The van der Waals surface area contributed by atoms with Crippen LogP contribution >= 0.6 is 0 Å². The Morgan fingerprint density at radius 3 is 2.80 bits per heavy atom. The SMILES string of the molecule is COCOc1cc(CC/C=C(/C)CO)cc([N+](=O)[O-])c1. The summed E-state index contributed by atoms with van der Waals surface area (Å²) < 4.78 is 10.0. The molecule has 0 atom stereocenters. The number of nitro groups is 1. The average molecular weight is 281 g/mol. The second-order valence-corrected chi connectivity index (χ2v) is 4.39. The monoisotopic (exact) mass is 281 g/mol. The van der Waals surface area contributed by atoms with Crippen molar-refractivity contribution >= 4 is 5.69 Å². The Bertz CT molecular complexity index is 484. The van der Waals surface area contributed by atoms with Gasteiger partial charge in [0, 0.05) is 13.2 Å². The van der Waals surface area contributed by atoms with Crippen molar-refractivity contribution in [3.63, 3.8) is 0 Å². The molecule has 0 aliphatic carbocycles. The molecule has 0 bridgehead atoms. The fourth-order valence-corrected chi connectivity index (χ4v) is 1.65. The van der Waals surface area contributed by atoms with Crippen LogP contribution < -0.4 is 4.74 Å². The van der Waals surface area contributed by atoms with Gasteiger partial charge in [-0.3, -0.25) is 10.1 Å². The Labute approximate surface area is 117 Å². The van der Waals surface area contributed by atoms with E-state index >= 15 is 0 Å². The molecule has 0 amide bonds. The van der Waals surface area contributed by atoms with Crippen LogP contribution in [0.3, 0.4) is 0 Å². The Morgan fingerprint density at radius 2 is 2.20 bits per heavy atom. The minimum Gasteiger partial charge on any atom is -0.467 e.